The van der Waals surface area contributed by atoms with Crippen LogP contribution in [0.25, 0.3) is 0 Å². The molecular weight excluding hydrogens is 164 g/mol. The summed E-state index contributed by atoms with van der Waals surface area (Å²) in [5.74, 6) is 0. The van der Waals surface area contributed by atoms with Crippen LogP contribution in [-0.4, -0.2) is 19.5 Å². The quantitative estimate of drug-likeness (QED) is 0.624. The van der Waals surface area contributed by atoms with Gasteiger partial charge in [-0.25, -0.2) is 0 Å². The SMILES string of the molecule is CC(C)=CCC1(C2OCCO2)CC1. The second kappa shape index (κ2) is 3.43. The number of allylic oxidation sites excluding steroid dienone is 2. The van der Waals surface area contributed by atoms with E-state index in [4.69, 9.17) is 9.47 Å². The normalized spacial score (nSPS) is 26.0. The van der Waals surface area contributed by atoms with Crippen molar-refractivity contribution < 1.29 is 9.47 Å². The average molecular weight is 182 g/mol. The molecule has 0 aromatic heterocycles. The molecule has 0 atom stereocenters. The largest absolute Gasteiger partial charge is 0.350 e. The third kappa shape index (κ3) is 1.94. The molecular formula is C11H18O2. The Morgan fingerprint density at radius 2 is 1.92 bits per heavy atom. The van der Waals surface area contributed by atoms with Crippen LogP contribution in [0, 0.1) is 5.41 Å². The van der Waals surface area contributed by atoms with E-state index in [1.807, 2.05) is 0 Å². The Bertz CT molecular complexity index is 206. The first-order valence-electron chi connectivity index (χ1n) is 5.10. The van der Waals surface area contributed by atoms with Crippen LogP contribution in [0.4, 0.5) is 0 Å². The second-order valence-corrected chi connectivity index (χ2v) is 4.42. The monoisotopic (exact) mass is 182 g/mol. The van der Waals surface area contributed by atoms with Crippen LogP contribution in [0.2, 0.25) is 0 Å². The van der Waals surface area contributed by atoms with Crippen LogP contribution in [-0.2, 0) is 9.47 Å². The van der Waals surface area contributed by atoms with Gasteiger partial charge in [0.25, 0.3) is 0 Å². The molecule has 2 aliphatic rings. The van der Waals surface area contributed by atoms with Gasteiger partial charge in [-0.3, -0.25) is 0 Å². The van der Waals surface area contributed by atoms with Crippen molar-refractivity contribution in [2.24, 2.45) is 5.41 Å². The number of rotatable bonds is 3. The first-order valence-corrected chi connectivity index (χ1v) is 5.10. The molecule has 0 N–H and O–H groups in total. The van der Waals surface area contributed by atoms with E-state index < -0.39 is 0 Å². The van der Waals surface area contributed by atoms with Crippen molar-refractivity contribution in [3.63, 3.8) is 0 Å². The van der Waals surface area contributed by atoms with E-state index in [0.29, 0.717) is 5.41 Å². The van der Waals surface area contributed by atoms with E-state index in [1.54, 1.807) is 0 Å². The first kappa shape index (κ1) is 9.22. The molecule has 13 heavy (non-hydrogen) atoms. The van der Waals surface area contributed by atoms with Gasteiger partial charge in [0, 0.05) is 5.41 Å². The zero-order chi connectivity index (χ0) is 9.31. The van der Waals surface area contributed by atoms with Crippen molar-refractivity contribution in [3.8, 4) is 0 Å². The van der Waals surface area contributed by atoms with Crippen molar-refractivity contribution in [1.29, 1.82) is 0 Å². The highest BCUT2D eigenvalue weighted by Gasteiger charge is 2.51. The Hall–Kier alpha value is -0.340. The van der Waals surface area contributed by atoms with Gasteiger partial charge in [0.05, 0.1) is 13.2 Å². The second-order valence-electron chi connectivity index (χ2n) is 4.42. The van der Waals surface area contributed by atoms with Gasteiger partial charge in [-0.15, -0.1) is 0 Å². The van der Waals surface area contributed by atoms with Crippen LogP contribution in [0.5, 0.6) is 0 Å². The summed E-state index contributed by atoms with van der Waals surface area (Å²) in [4.78, 5) is 0. The summed E-state index contributed by atoms with van der Waals surface area (Å²) >= 11 is 0. The fraction of sp³-hybridized carbons (Fsp3) is 0.818. The highest BCUT2D eigenvalue weighted by atomic mass is 16.7. The number of hydrogen-bond donors (Lipinski definition) is 0. The lowest BCUT2D eigenvalue weighted by atomic mass is 10.0. The molecule has 1 saturated heterocycles. The van der Waals surface area contributed by atoms with Crippen molar-refractivity contribution >= 4 is 0 Å². The van der Waals surface area contributed by atoms with Gasteiger partial charge in [0.1, 0.15) is 0 Å². The summed E-state index contributed by atoms with van der Waals surface area (Å²) in [6.07, 6.45) is 6.05. The van der Waals surface area contributed by atoms with Crippen molar-refractivity contribution in [1.82, 2.24) is 0 Å². The predicted octanol–water partition coefficient (Wildman–Crippen LogP) is 2.50. The zero-order valence-corrected chi connectivity index (χ0v) is 8.51. The zero-order valence-electron chi connectivity index (χ0n) is 8.51. The van der Waals surface area contributed by atoms with Crippen LogP contribution in [0.3, 0.4) is 0 Å². The molecule has 1 saturated carbocycles. The Labute approximate surface area is 79.9 Å². The van der Waals surface area contributed by atoms with Gasteiger partial charge in [0.2, 0.25) is 0 Å². The molecule has 0 aromatic carbocycles. The van der Waals surface area contributed by atoms with Gasteiger partial charge in [-0.05, 0) is 33.1 Å². The summed E-state index contributed by atoms with van der Waals surface area (Å²) in [5.41, 5.74) is 1.73. The van der Waals surface area contributed by atoms with E-state index >= 15 is 0 Å². The molecule has 2 rings (SSSR count). The third-order valence-corrected chi connectivity index (χ3v) is 2.93. The van der Waals surface area contributed by atoms with Crippen molar-refractivity contribution in [3.05, 3.63) is 11.6 Å². The lowest BCUT2D eigenvalue weighted by Crippen LogP contribution is -2.22. The molecule has 0 bridgehead atoms. The van der Waals surface area contributed by atoms with Gasteiger partial charge in [-0.2, -0.15) is 0 Å². The van der Waals surface area contributed by atoms with E-state index in [9.17, 15) is 0 Å². The van der Waals surface area contributed by atoms with E-state index in [0.717, 1.165) is 19.6 Å². The average Bonchev–Trinajstić information content (AvgIpc) is 2.68. The highest BCUT2D eigenvalue weighted by Crippen LogP contribution is 2.54. The van der Waals surface area contributed by atoms with Crippen LogP contribution >= 0.6 is 0 Å². The molecule has 2 heteroatoms. The van der Waals surface area contributed by atoms with Crippen molar-refractivity contribution in [2.45, 2.75) is 39.4 Å². The number of ether oxygens (including phenoxy) is 2. The molecule has 0 aromatic rings. The number of hydrogen-bond acceptors (Lipinski definition) is 2. The lowest BCUT2D eigenvalue weighted by Gasteiger charge is -2.19. The van der Waals surface area contributed by atoms with Crippen LogP contribution in [0.15, 0.2) is 11.6 Å². The molecule has 2 nitrogen and oxygen atoms in total. The van der Waals surface area contributed by atoms with Gasteiger partial charge in [0.15, 0.2) is 6.29 Å². The third-order valence-electron chi connectivity index (χ3n) is 2.93. The molecule has 2 fully saturated rings. The molecule has 1 heterocycles. The summed E-state index contributed by atoms with van der Waals surface area (Å²) in [6, 6.07) is 0. The van der Waals surface area contributed by atoms with E-state index in [2.05, 4.69) is 19.9 Å². The maximum Gasteiger partial charge on any atom is 0.163 e. The molecule has 1 aliphatic carbocycles. The molecule has 0 unspecified atom stereocenters. The summed E-state index contributed by atoms with van der Waals surface area (Å²) in [6.45, 7) is 5.85. The van der Waals surface area contributed by atoms with Gasteiger partial charge in [-0.1, -0.05) is 11.6 Å². The minimum absolute atomic E-state index is 0.0862. The van der Waals surface area contributed by atoms with Crippen molar-refractivity contribution in [2.75, 3.05) is 13.2 Å². The topological polar surface area (TPSA) is 18.5 Å². The maximum absolute atomic E-state index is 5.56. The maximum atomic E-state index is 5.56. The Balaban J connectivity index is 1.92. The van der Waals surface area contributed by atoms with Gasteiger partial charge >= 0.3 is 0 Å². The Morgan fingerprint density at radius 1 is 1.31 bits per heavy atom. The summed E-state index contributed by atoms with van der Waals surface area (Å²) in [7, 11) is 0. The van der Waals surface area contributed by atoms with Crippen LogP contribution in [0.1, 0.15) is 33.1 Å². The van der Waals surface area contributed by atoms with Gasteiger partial charge < -0.3 is 9.47 Å². The fourth-order valence-electron chi connectivity index (χ4n) is 1.82. The van der Waals surface area contributed by atoms with Crippen LogP contribution < -0.4 is 0 Å². The minimum atomic E-state index is 0.0862. The first-order chi connectivity index (χ1) is 6.23. The summed E-state index contributed by atoms with van der Waals surface area (Å²) < 4.78 is 11.1. The van der Waals surface area contributed by atoms with E-state index in [1.165, 1.54) is 18.4 Å². The fourth-order valence-corrected chi connectivity index (χ4v) is 1.82. The summed E-state index contributed by atoms with van der Waals surface area (Å²) in [5, 5.41) is 0. The lowest BCUT2D eigenvalue weighted by molar-refractivity contribution is -0.0934. The smallest absolute Gasteiger partial charge is 0.163 e. The molecule has 0 amide bonds. The molecule has 0 spiro atoms. The highest BCUT2D eigenvalue weighted by molar-refractivity contribution is 5.05. The Morgan fingerprint density at radius 3 is 2.38 bits per heavy atom. The standard InChI is InChI=1S/C11H18O2/c1-9(2)3-4-11(5-6-11)10-12-7-8-13-10/h3,10H,4-8H2,1-2H3. The molecule has 0 radical (unpaired) electrons. The minimum Gasteiger partial charge on any atom is -0.350 e. The predicted molar refractivity (Wildman–Crippen MR) is 51.4 cm³/mol. The van der Waals surface area contributed by atoms with E-state index in [-0.39, 0.29) is 6.29 Å². The molecule has 74 valence electrons. The molecule has 1 aliphatic heterocycles. The Kier molecular flexibility index (Phi) is 2.43.